The maximum absolute atomic E-state index is 14.2. The Labute approximate surface area is 166 Å². The van der Waals surface area contributed by atoms with E-state index in [4.69, 9.17) is 21.4 Å². The van der Waals surface area contributed by atoms with Gasteiger partial charge < -0.3 is 9.84 Å². The van der Waals surface area contributed by atoms with Crippen LogP contribution in [0.25, 0.3) is 5.69 Å². The minimum absolute atomic E-state index is 0.00584. The molecule has 10 heteroatoms. The van der Waals surface area contributed by atoms with Crippen LogP contribution in [0.2, 0.25) is 5.02 Å². The van der Waals surface area contributed by atoms with Crippen molar-refractivity contribution in [1.29, 1.82) is 0 Å². The Balaban J connectivity index is 2.00. The zero-order chi connectivity index (χ0) is 21.3. The van der Waals surface area contributed by atoms with Crippen molar-refractivity contribution in [2.75, 3.05) is 0 Å². The summed E-state index contributed by atoms with van der Waals surface area (Å²) < 4.78 is 47.0. The predicted octanol–water partition coefficient (Wildman–Crippen LogP) is 3.89. The predicted molar refractivity (Wildman–Crippen MR) is 97.2 cm³/mol. The smallest absolute Gasteiger partial charge is 0.335 e. The summed E-state index contributed by atoms with van der Waals surface area (Å²) in [4.78, 5) is 27.8. The van der Waals surface area contributed by atoms with Gasteiger partial charge in [-0.15, -0.1) is 0 Å². The maximum Gasteiger partial charge on any atom is 0.335 e. The van der Waals surface area contributed by atoms with Gasteiger partial charge in [0.25, 0.3) is 5.56 Å². The van der Waals surface area contributed by atoms with Crippen LogP contribution in [0.4, 0.5) is 13.2 Å². The lowest BCUT2D eigenvalue weighted by molar-refractivity contribution is 0.0696. The van der Waals surface area contributed by atoms with Gasteiger partial charge in [0.1, 0.15) is 29.9 Å². The molecule has 6 nitrogen and oxygen atoms in total. The van der Waals surface area contributed by atoms with Crippen molar-refractivity contribution in [2.24, 2.45) is 0 Å². The van der Waals surface area contributed by atoms with Crippen LogP contribution in [0.15, 0.2) is 41.2 Å². The molecule has 1 aromatic heterocycles. The summed E-state index contributed by atoms with van der Waals surface area (Å²) >= 11 is 5.99. The molecule has 1 heterocycles. The molecule has 0 atom stereocenters. The Kier molecular flexibility index (Phi) is 5.60. The second-order valence-electron chi connectivity index (χ2n) is 5.91. The number of carboxylic acids is 1. The van der Waals surface area contributed by atoms with Crippen LogP contribution < -0.4 is 10.3 Å². The second kappa shape index (κ2) is 7.96. The highest BCUT2D eigenvalue weighted by atomic mass is 35.5. The fourth-order valence-electron chi connectivity index (χ4n) is 2.56. The summed E-state index contributed by atoms with van der Waals surface area (Å²) in [6, 6.07) is 5.80. The van der Waals surface area contributed by atoms with Gasteiger partial charge in [0, 0.05) is 11.6 Å². The van der Waals surface area contributed by atoms with Crippen LogP contribution in [0.1, 0.15) is 21.7 Å². The van der Waals surface area contributed by atoms with E-state index in [1.807, 2.05) is 0 Å². The molecule has 0 bridgehead atoms. The summed E-state index contributed by atoms with van der Waals surface area (Å²) in [6.07, 6.45) is 0. The SMILES string of the molecule is Cc1nc(OCc2ccc(F)cc2F)c(Cl)c(=O)n1-c1cc(C(=O)O)ccc1F. The Hall–Kier alpha value is -3.33. The number of aromatic carboxylic acids is 1. The van der Waals surface area contributed by atoms with E-state index in [-0.39, 0.29) is 35.1 Å². The average molecular weight is 425 g/mol. The number of benzene rings is 2. The average Bonchev–Trinajstić information content (AvgIpc) is 2.66. The number of halogens is 4. The summed E-state index contributed by atoms with van der Waals surface area (Å²) in [5, 5.41) is 8.56. The lowest BCUT2D eigenvalue weighted by Gasteiger charge is -2.14. The van der Waals surface area contributed by atoms with E-state index in [9.17, 15) is 22.8 Å². The minimum atomic E-state index is -1.31. The third kappa shape index (κ3) is 4.09. The first-order chi connectivity index (χ1) is 13.7. The molecule has 0 radical (unpaired) electrons. The third-order valence-electron chi connectivity index (χ3n) is 3.98. The number of aryl methyl sites for hydroxylation is 1. The van der Waals surface area contributed by atoms with Gasteiger partial charge in [-0.1, -0.05) is 11.6 Å². The van der Waals surface area contributed by atoms with Crippen molar-refractivity contribution in [3.8, 4) is 11.6 Å². The number of carboxylic acid groups (broad SMARTS) is 1. The van der Waals surface area contributed by atoms with Gasteiger partial charge in [-0.2, -0.15) is 4.98 Å². The number of carbonyl (C=O) groups is 1. The molecule has 0 saturated carbocycles. The van der Waals surface area contributed by atoms with Crippen molar-refractivity contribution in [3.05, 3.63) is 86.2 Å². The van der Waals surface area contributed by atoms with Crippen molar-refractivity contribution in [1.82, 2.24) is 9.55 Å². The van der Waals surface area contributed by atoms with Gasteiger partial charge in [0.05, 0.1) is 11.3 Å². The first kappa shape index (κ1) is 20.4. The first-order valence-electron chi connectivity index (χ1n) is 8.08. The van der Waals surface area contributed by atoms with Crippen LogP contribution in [0.3, 0.4) is 0 Å². The number of hydrogen-bond acceptors (Lipinski definition) is 4. The Morgan fingerprint density at radius 2 is 1.90 bits per heavy atom. The van der Waals surface area contributed by atoms with Gasteiger partial charge in [-0.3, -0.25) is 9.36 Å². The molecule has 0 aliphatic heterocycles. The molecule has 0 aliphatic rings. The van der Waals surface area contributed by atoms with E-state index in [0.29, 0.717) is 6.07 Å². The highest BCUT2D eigenvalue weighted by Crippen LogP contribution is 2.23. The van der Waals surface area contributed by atoms with E-state index in [1.54, 1.807) is 0 Å². The zero-order valence-corrected chi connectivity index (χ0v) is 15.5. The minimum Gasteiger partial charge on any atom is -0.478 e. The molecule has 0 amide bonds. The van der Waals surface area contributed by atoms with Crippen molar-refractivity contribution < 1.29 is 27.8 Å². The lowest BCUT2D eigenvalue weighted by atomic mass is 10.2. The topological polar surface area (TPSA) is 81.4 Å². The molecule has 0 fully saturated rings. The molecule has 1 N–H and O–H groups in total. The standard InChI is InChI=1S/C19H12ClF3N2O4/c1-9-24-17(29-8-11-2-4-12(21)7-14(11)23)16(20)18(26)25(9)15-6-10(19(27)28)3-5-13(15)22/h2-7H,8H2,1H3,(H,27,28). The van der Waals surface area contributed by atoms with E-state index in [0.717, 1.165) is 28.8 Å². The maximum atomic E-state index is 14.2. The summed E-state index contributed by atoms with van der Waals surface area (Å²) in [6.45, 7) is 0.973. The number of aromatic nitrogens is 2. The molecule has 3 rings (SSSR count). The van der Waals surface area contributed by atoms with E-state index >= 15 is 0 Å². The Bertz CT molecular complexity index is 1180. The van der Waals surface area contributed by atoms with Gasteiger partial charge in [-0.25, -0.2) is 18.0 Å². The van der Waals surface area contributed by atoms with Gasteiger partial charge in [-0.05, 0) is 37.3 Å². The number of nitrogens with zero attached hydrogens (tertiary/aromatic N) is 2. The number of ether oxygens (including phenoxy) is 1. The second-order valence-corrected chi connectivity index (χ2v) is 6.29. The Morgan fingerprint density at radius 3 is 2.55 bits per heavy atom. The fraction of sp³-hybridized carbons (Fsp3) is 0.105. The molecule has 0 spiro atoms. The molecule has 0 saturated heterocycles. The normalized spacial score (nSPS) is 10.8. The van der Waals surface area contributed by atoms with Crippen LogP contribution in [-0.2, 0) is 6.61 Å². The Morgan fingerprint density at radius 1 is 1.17 bits per heavy atom. The highest BCUT2D eigenvalue weighted by Gasteiger charge is 2.19. The van der Waals surface area contributed by atoms with Crippen LogP contribution >= 0.6 is 11.6 Å². The first-order valence-corrected chi connectivity index (χ1v) is 8.46. The van der Waals surface area contributed by atoms with Crippen LogP contribution in [0.5, 0.6) is 5.88 Å². The van der Waals surface area contributed by atoms with Crippen molar-refractivity contribution >= 4 is 17.6 Å². The molecular weight excluding hydrogens is 413 g/mol. The number of hydrogen-bond donors (Lipinski definition) is 1. The summed E-state index contributed by atoms with van der Waals surface area (Å²) in [7, 11) is 0. The molecule has 2 aromatic carbocycles. The van der Waals surface area contributed by atoms with Crippen LogP contribution in [0, 0.1) is 24.4 Å². The monoisotopic (exact) mass is 424 g/mol. The quantitative estimate of drug-likeness (QED) is 0.672. The van der Waals surface area contributed by atoms with Gasteiger partial charge in [0.15, 0.2) is 5.02 Å². The molecule has 3 aromatic rings. The highest BCUT2D eigenvalue weighted by molar-refractivity contribution is 6.31. The fourth-order valence-corrected chi connectivity index (χ4v) is 2.75. The van der Waals surface area contributed by atoms with E-state index < -0.39 is 34.0 Å². The molecular formula is C19H12ClF3N2O4. The summed E-state index contributed by atoms with van der Waals surface area (Å²) in [5.41, 5.74) is -1.49. The van der Waals surface area contributed by atoms with E-state index in [2.05, 4.69) is 4.98 Å². The van der Waals surface area contributed by atoms with Crippen LogP contribution in [-0.4, -0.2) is 20.6 Å². The molecule has 0 aliphatic carbocycles. The van der Waals surface area contributed by atoms with Crippen molar-refractivity contribution in [3.63, 3.8) is 0 Å². The molecule has 150 valence electrons. The largest absolute Gasteiger partial charge is 0.478 e. The van der Waals surface area contributed by atoms with Gasteiger partial charge in [0.2, 0.25) is 5.88 Å². The number of rotatable bonds is 5. The molecule has 0 unspecified atom stereocenters. The molecule has 29 heavy (non-hydrogen) atoms. The van der Waals surface area contributed by atoms with Crippen molar-refractivity contribution in [2.45, 2.75) is 13.5 Å². The lowest BCUT2D eigenvalue weighted by Crippen LogP contribution is -2.24. The third-order valence-corrected chi connectivity index (χ3v) is 4.30. The summed E-state index contributed by atoms with van der Waals surface area (Å²) in [5.74, 6) is -4.15. The van der Waals surface area contributed by atoms with Gasteiger partial charge >= 0.3 is 5.97 Å². The zero-order valence-electron chi connectivity index (χ0n) is 14.7. The van der Waals surface area contributed by atoms with E-state index in [1.165, 1.54) is 13.0 Å².